The highest BCUT2D eigenvalue weighted by atomic mass is 31.2. The zero-order valence-electron chi connectivity index (χ0n) is 50.3. The summed E-state index contributed by atoms with van der Waals surface area (Å²) >= 11 is 0. The Bertz CT molecular complexity index is 1420. The summed E-state index contributed by atoms with van der Waals surface area (Å²) in [5.74, 6) is -0.508. The van der Waals surface area contributed by atoms with E-state index >= 15 is 0 Å². The first-order valence-corrected chi connectivity index (χ1v) is 33.5. The molecule has 75 heavy (non-hydrogen) atoms. The lowest BCUT2D eigenvalue weighted by Crippen LogP contribution is -2.47. The molecule has 0 rings (SSSR count). The number of carbonyl (C=O) groups is 2. The summed E-state index contributed by atoms with van der Waals surface area (Å²) in [7, 11) is 1.50. The van der Waals surface area contributed by atoms with E-state index in [-0.39, 0.29) is 31.5 Å². The molecule has 0 aliphatic heterocycles. The fourth-order valence-electron chi connectivity index (χ4n) is 9.41. The first-order valence-electron chi connectivity index (χ1n) is 32.0. The number of phosphoric ester groups is 1. The quantitative estimate of drug-likeness (QED) is 0.0156. The highest BCUT2D eigenvalue weighted by Gasteiger charge is 2.30. The number of quaternary nitrogens is 1. The van der Waals surface area contributed by atoms with E-state index in [0.29, 0.717) is 17.4 Å². The smallest absolute Gasteiger partial charge is 0.456 e. The van der Waals surface area contributed by atoms with Crippen LogP contribution in [0.3, 0.4) is 0 Å². The van der Waals surface area contributed by atoms with Crippen LogP contribution in [0.2, 0.25) is 0 Å². The van der Waals surface area contributed by atoms with Gasteiger partial charge in [0.1, 0.15) is 19.3 Å². The van der Waals surface area contributed by atoms with E-state index < -0.39 is 20.0 Å². The number of ether oxygens (including phenoxy) is 1. The molecule has 0 heterocycles. The molecule has 0 saturated carbocycles. The molecule has 0 aliphatic rings. The van der Waals surface area contributed by atoms with Gasteiger partial charge in [-0.2, -0.15) is 0 Å². The Morgan fingerprint density at radius 3 is 1.27 bits per heavy atom. The van der Waals surface area contributed by atoms with Gasteiger partial charge >= 0.3 is 13.8 Å². The predicted octanol–water partition coefficient (Wildman–Crippen LogP) is 19.7. The number of phosphoric acid groups is 1. The standard InChI is InChI=1S/C65H123N2O7P/c1-7-10-13-16-19-22-25-27-29-30-31-32-33-34-35-36-38-39-42-45-48-51-54-57-64(68)66-62(61-73-75(70,71)72-60-59-67(4,5)6)63(56-53-50-47-44-41-24-21-18-15-12-9-3)74-65(69)58-55-52-49-46-43-40-37-28-26-23-20-17-14-11-8-2/h11,14,17,20,23,26,53,56,62-63H,7-10,12-13,15-16,18-19,21-22,24-25,27-52,54-55,57-61H2,1-6H3,(H-,66,68,70,71)/p+1/b14-11+,20-17+,26-23+,56-53-. The van der Waals surface area contributed by atoms with Crippen molar-refractivity contribution in [2.75, 3.05) is 40.9 Å². The Labute approximate surface area is 465 Å². The maximum Gasteiger partial charge on any atom is 0.472 e. The summed E-state index contributed by atoms with van der Waals surface area (Å²) in [4.78, 5) is 37.7. The van der Waals surface area contributed by atoms with Gasteiger partial charge in [-0.15, -0.1) is 0 Å². The third-order valence-electron chi connectivity index (χ3n) is 14.3. The van der Waals surface area contributed by atoms with Crippen LogP contribution < -0.4 is 5.32 Å². The molecule has 0 spiro atoms. The molecule has 0 radical (unpaired) electrons. The summed E-state index contributed by atoms with van der Waals surface area (Å²) in [5.41, 5.74) is 0. The van der Waals surface area contributed by atoms with Gasteiger partial charge in [-0.3, -0.25) is 18.6 Å². The van der Waals surface area contributed by atoms with Crippen molar-refractivity contribution < 1.29 is 37.3 Å². The maximum absolute atomic E-state index is 13.6. The monoisotopic (exact) mass is 1080 g/mol. The number of nitrogens with zero attached hydrogens (tertiary/aromatic N) is 1. The zero-order valence-corrected chi connectivity index (χ0v) is 51.2. The van der Waals surface area contributed by atoms with Crippen LogP contribution in [0.5, 0.6) is 0 Å². The SMILES string of the molecule is CC/C=C/C=C/C=C/CCCCCCCCCC(=O)OC(/C=C\CCCCCCCCCCC)C(COP(=O)(O)OCC[N+](C)(C)C)NC(=O)CCCCCCCCCCCCCCCCCCCCCCCCC. The molecule has 1 amide bonds. The minimum atomic E-state index is -4.45. The highest BCUT2D eigenvalue weighted by molar-refractivity contribution is 7.47. The number of esters is 1. The van der Waals surface area contributed by atoms with Gasteiger partial charge in [0, 0.05) is 12.8 Å². The second-order valence-electron chi connectivity index (χ2n) is 23.0. The van der Waals surface area contributed by atoms with Crippen molar-refractivity contribution in [3.63, 3.8) is 0 Å². The molecule has 3 atom stereocenters. The minimum absolute atomic E-state index is 0.0392. The lowest BCUT2D eigenvalue weighted by atomic mass is 10.0. The molecular formula is C65H124N2O7P+. The molecule has 440 valence electrons. The summed E-state index contributed by atoms with van der Waals surface area (Å²) in [5, 5.41) is 3.06. The molecule has 0 aromatic heterocycles. The van der Waals surface area contributed by atoms with E-state index in [1.54, 1.807) is 0 Å². The molecule has 0 aliphatic carbocycles. The van der Waals surface area contributed by atoms with Crippen molar-refractivity contribution >= 4 is 19.7 Å². The number of rotatable bonds is 58. The third kappa shape index (κ3) is 56.5. The van der Waals surface area contributed by atoms with Crippen LogP contribution in [0, 0.1) is 0 Å². The molecule has 10 heteroatoms. The summed E-state index contributed by atoms with van der Waals surface area (Å²) in [6, 6.07) is -0.850. The van der Waals surface area contributed by atoms with Gasteiger partial charge in [-0.05, 0) is 51.0 Å². The molecule has 3 unspecified atom stereocenters. The van der Waals surface area contributed by atoms with E-state index in [1.807, 2.05) is 33.3 Å². The lowest BCUT2D eigenvalue weighted by molar-refractivity contribution is -0.870. The summed E-state index contributed by atoms with van der Waals surface area (Å²) in [6.07, 6.45) is 68.3. The Morgan fingerprint density at radius 1 is 0.480 bits per heavy atom. The third-order valence-corrected chi connectivity index (χ3v) is 15.3. The number of carbonyl (C=O) groups excluding carboxylic acids is 2. The second kappa shape index (κ2) is 55.3. The molecular weight excluding hydrogens is 952 g/mol. The normalized spacial score (nSPS) is 14.0. The summed E-state index contributed by atoms with van der Waals surface area (Å²) in [6.45, 7) is 6.90. The number of hydrogen-bond donors (Lipinski definition) is 2. The van der Waals surface area contributed by atoms with Gasteiger partial charge in [0.15, 0.2) is 0 Å². The first kappa shape index (κ1) is 73.0. The van der Waals surface area contributed by atoms with E-state index in [4.69, 9.17) is 13.8 Å². The topological polar surface area (TPSA) is 111 Å². The Hall–Kier alpha value is -2.03. The van der Waals surface area contributed by atoms with Crippen LogP contribution in [0.1, 0.15) is 303 Å². The molecule has 0 fully saturated rings. The number of likely N-dealkylation sites (N-methyl/N-ethyl adjacent to an activating group) is 1. The van der Waals surface area contributed by atoms with Crippen molar-refractivity contribution in [3.8, 4) is 0 Å². The van der Waals surface area contributed by atoms with Crippen LogP contribution in [0.15, 0.2) is 48.6 Å². The van der Waals surface area contributed by atoms with Crippen molar-refractivity contribution in [2.45, 2.75) is 315 Å². The van der Waals surface area contributed by atoms with E-state index in [0.717, 1.165) is 77.0 Å². The number of unbranched alkanes of at least 4 members (excludes halogenated alkanes) is 38. The highest BCUT2D eigenvalue weighted by Crippen LogP contribution is 2.43. The average Bonchev–Trinajstić information content (AvgIpc) is 3.37. The molecule has 0 aromatic rings. The second-order valence-corrected chi connectivity index (χ2v) is 24.4. The van der Waals surface area contributed by atoms with Crippen molar-refractivity contribution in [1.82, 2.24) is 5.32 Å². The predicted molar refractivity (Wildman–Crippen MR) is 323 cm³/mol. The van der Waals surface area contributed by atoms with Crippen molar-refractivity contribution in [1.29, 1.82) is 0 Å². The van der Waals surface area contributed by atoms with Gasteiger partial charge < -0.3 is 19.4 Å². The lowest BCUT2D eigenvalue weighted by Gasteiger charge is -2.27. The number of allylic oxidation sites excluding steroid dienone is 7. The first-order chi connectivity index (χ1) is 36.4. The fraction of sp³-hybridized carbons (Fsp3) is 0.846. The van der Waals surface area contributed by atoms with E-state index in [1.165, 1.54) is 193 Å². The van der Waals surface area contributed by atoms with Crippen molar-refractivity contribution in [2.24, 2.45) is 0 Å². The zero-order chi connectivity index (χ0) is 55.0. The van der Waals surface area contributed by atoms with Gasteiger partial charge in [0.25, 0.3) is 0 Å². The van der Waals surface area contributed by atoms with Crippen LogP contribution in [-0.2, 0) is 27.9 Å². The molecule has 0 bridgehead atoms. The Kier molecular flexibility index (Phi) is 53.8. The molecule has 9 nitrogen and oxygen atoms in total. The van der Waals surface area contributed by atoms with Gasteiger partial charge in [-0.1, -0.05) is 288 Å². The van der Waals surface area contributed by atoms with E-state index in [9.17, 15) is 19.0 Å². The van der Waals surface area contributed by atoms with E-state index in [2.05, 4.69) is 62.5 Å². The minimum Gasteiger partial charge on any atom is -0.456 e. The van der Waals surface area contributed by atoms with Crippen LogP contribution >= 0.6 is 7.82 Å². The molecule has 0 saturated heterocycles. The fourth-order valence-corrected chi connectivity index (χ4v) is 10.1. The maximum atomic E-state index is 13.6. The Morgan fingerprint density at radius 2 is 0.853 bits per heavy atom. The average molecular weight is 1080 g/mol. The van der Waals surface area contributed by atoms with Crippen molar-refractivity contribution in [3.05, 3.63) is 48.6 Å². The van der Waals surface area contributed by atoms with Crippen LogP contribution in [-0.4, -0.2) is 74.3 Å². The number of amides is 1. The van der Waals surface area contributed by atoms with Gasteiger partial charge in [0.05, 0.1) is 33.8 Å². The summed E-state index contributed by atoms with van der Waals surface area (Å²) < 4.78 is 30.7. The Balaban J connectivity index is 5.09. The molecule has 0 aromatic carbocycles. The van der Waals surface area contributed by atoms with Gasteiger partial charge in [0.2, 0.25) is 5.91 Å². The largest absolute Gasteiger partial charge is 0.472 e. The number of hydrogen-bond acceptors (Lipinski definition) is 6. The van der Waals surface area contributed by atoms with Crippen LogP contribution in [0.4, 0.5) is 0 Å². The molecule has 2 N–H and O–H groups in total. The van der Waals surface area contributed by atoms with Crippen LogP contribution in [0.25, 0.3) is 0 Å². The number of nitrogens with one attached hydrogen (secondary N) is 1. The van der Waals surface area contributed by atoms with Gasteiger partial charge in [-0.25, -0.2) is 4.57 Å².